The highest BCUT2D eigenvalue weighted by Gasteiger charge is 2.24. The van der Waals surface area contributed by atoms with Crippen molar-refractivity contribution in [3.05, 3.63) is 42.5 Å². The van der Waals surface area contributed by atoms with Gasteiger partial charge in [0.15, 0.2) is 29.6 Å². The van der Waals surface area contributed by atoms with Crippen LogP contribution in [0.1, 0.15) is 12.8 Å². The van der Waals surface area contributed by atoms with Gasteiger partial charge in [0.2, 0.25) is 0 Å². The molecule has 0 saturated carbocycles. The standard InChI is InChI=1S/C22H26N2O5/c1-26-18-6-2-3-7-19(18)29-15-22(25)24-10-4-5-17(14-24)23-16-8-9-20-21(13-16)28-12-11-27-20/h2-3,6-9,13,17,23H,4-5,10-12,14-15H2,1H3/t17-/m1/s1. The first-order chi connectivity index (χ1) is 14.2. The molecule has 2 aromatic carbocycles. The molecule has 0 aliphatic carbocycles. The highest BCUT2D eigenvalue weighted by molar-refractivity contribution is 5.78. The molecule has 0 bridgehead atoms. The highest BCUT2D eigenvalue weighted by atomic mass is 16.6. The van der Waals surface area contributed by atoms with Crippen molar-refractivity contribution < 1.29 is 23.7 Å². The Morgan fingerprint density at radius 2 is 1.93 bits per heavy atom. The minimum Gasteiger partial charge on any atom is -0.493 e. The summed E-state index contributed by atoms with van der Waals surface area (Å²) < 4.78 is 22.2. The first kappa shape index (κ1) is 19.2. The van der Waals surface area contributed by atoms with Gasteiger partial charge in [-0.15, -0.1) is 0 Å². The quantitative estimate of drug-likeness (QED) is 0.807. The molecule has 4 rings (SSSR count). The average Bonchev–Trinajstić information content (AvgIpc) is 2.77. The van der Waals surface area contributed by atoms with Gasteiger partial charge in [-0.2, -0.15) is 0 Å². The molecule has 1 atom stereocenters. The number of amides is 1. The molecular weight excluding hydrogens is 372 g/mol. The number of anilines is 1. The number of fused-ring (bicyclic) bond motifs is 1. The zero-order valence-corrected chi connectivity index (χ0v) is 16.6. The Labute approximate surface area is 170 Å². The van der Waals surface area contributed by atoms with Crippen molar-refractivity contribution in [1.82, 2.24) is 4.90 Å². The molecule has 2 aromatic rings. The van der Waals surface area contributed by atoms with E-state index in [0.29, 0.717) is 31.3 Å². The Bertz CT molecular complexity index is 857. The van der Waals surface area contributed by atoms with E-state index in [-0.39, 0.29) is 18.6 Å². The van der Waals surface area contributed by atoms with E-state index >= 15 is 0 Å². The van der Waals surface area contributed by atoms with Crippen molar-refractivity contribution in [3.63, 3.8) is 0 Å². The second-order valence-corrected chi connectivity index (χ2v) is 7.12. The number of para-hydroxylation sites is 2. The number of ether oxygens (including phenoxy) is 4. The van der Waals surface area contributed by atoms with E-state index in [1.807, 2.05) is 41.3 Å². The molecule has 1 fully saturated rings. The largest absolute Gasteiger partial charge is 0.493 e. The molecule has 0 unspecified atom stereocenters. The van der Waals surface area contributed by atoms with Gasteiger partial charge in [0.25, 0.3) is 5.91 Å². The van der Waals surface area contributed by atoms with Crippen LogP contribution in [-0.4, -0.2) is 56.9 Å². The number of piperidine rings is 1. The smallest absolute Gasteiger partial charge is 0.260 e. The summed E-state index contributed by atoms with van der Waals surface area (Å²) in [6.45, 7) is 2.53. The number of nitrogens with zero attached hydrogens (tertiary/aromatic N) is 1. The summed E-state index contributed by atoms with van der Waals surface area (Å²) in [7, 11) is 1.59. The normalized spacial score (nSPS) is 18.1. The summed E-state index contributed by atoms with van der Waals surface area (Å²) >= 11 is 0. The molecular formula is C22H26N2O5. The number of rotatable bonds is 6. The van der Waals surface area contributed by atoms with E-state index in [0.717, 1.165) is 36.6 Å². The highest BCUT2D eigenvalue weighted by Crippen LogP contribution is 2.33. The maximum absolute atomic E-state index is 12.7. The van der Waals surface area contributed by atoms with Crippen LogP contribution in [0.2, 0.25) is 0 Å². The van der Waals surface area contributed by atoms with E-state index < -0.39 is 0 Å². The lowest BCUT2D eigenvalue weighted by Crippen LogP contribution is -2.46. The van der Waals surface area contributed by atoms with Gasteiger partial charge < -0.3 is 29.2 Å². The Balaban J connectivity index is 1.32. The van der Waals surface area contributed by atoms with Crippen LogP contribution in [0.25, 0.3) is 0 Å². The lowest BCUT2D eigenvalue weighted by atomic mass is 10.1. The predicted molar refractivity (Wildman–Crippen MR) is 109 cm³/mol. The minimum absolute atomic E-state index is 0.00286. The van der Waals surface area contributed by atoms with Gasteiger partial charge in [-0.05, 0) is 37.1 Å². The van der Waals surface area contributed by atoms with Crippen molar-refractivity contribution in [2.45, 2.75) is 18.9 Å². The molecule has 29 heavy (non-hydrogen) atoms. The molecule has 0 spiro atoms. The summed E-state index contributed by atoms with van der Waals surface area (Å²) in [5.41, 5.74) is 0.971. The maximum atomic E-state index is 12.7. The summed E-state index contributed by atoms with van der Waals surface area (Å²) in [6.07, 6.45) is 1.95. The van der Waals surface area contributed by atoms with Gasteiger partial charge in [0, 0.05) is 30.9 Å². The van der Waals surface area contributed by atoms with Crippen molar-refractivity contribution in [2.75, 3.05) is 45.3 Å². The molecule has 1 N–H and O–H groups in total. The minimum atomic E-state index is -0.0235. The number of hydrogen-bond acceptors (Lipinski definition) is 6. The van der Waals surface area contributed by atoms with Crippen LogP contribution >= 0.6 is 0 Å². The van der Waals surface area contributed by atoms with Crippen LogP contribution in [0, 0.1) is 0 Å². The zero-order chi connectivity index (χ0) is 20.1. The van der Waals surface area contributed by atoms with E-state index in [1.165, 1.54) is 0 Å². The van der Waals surface area contributed by atoms with Crippen molar-refractivity contribution in [1.29, 1.82) is 0 Å². The monoisotopic (exact) mass is 398 g/mol. The summed E-state index contributed by atoms with van der Waals surface area (Å²) in [6, 6.07) is 13.4. The molecule has 0 aromatic heterocycles. The fourth-order valence-corrected chi connectivity index (χ4v) is 3.66. The van der Waals surface area contributed by atoms with Crippen LogP contribution in [0.5, 0.6) is 23.0 Å². The van der Waals surface area contributed by atoms with Gasteiger partial charge in [-0.1, -0.05) is 12.1 Å². The number of nitrogens with one attached hydrogen (secondary N) is 1. The van der Waals surface area contributed by atoms with E-state index in [1.54, 1.807) is 13.2 Å². The van der Waals surface area contributed by atoms with Gasteiger partial charge >= 0.3 is 0 Å². The first-order valence-electron chi connectivity index (χ1n) is 9.93. The van der Waals surface area contributed by atoms with Crippen LogP contribution in [0.4, 0.5) is 5.69 Å². The molecule has 2 aliphatic heterocycles. The summed E-state index contributed by atoms with van der Waals surface area (Å²) in [4.78, 5) is 14.5. The number of hydrogen-bond donors (Lipinski definition) is 1. The lowest BCUT2D eigenvalue weighted by molar-refractivity contribution is -0.134. The Hall–Kier alpha value is -3.09. The second kappa shape index (κ2) is 8.94. The number of carbonyl (C=O) groups is 1. The topological polar surface area (TPSA) is 69.3 Å². The van der Waals surface area contributed by atoms with Crippen LogP contribution in [0.15, 0.2) is 42.5 Å². The Morgan fingerprint density at radius 1 is 1.14 bits per heavy atom. The Kier molecular flexibility index (Phi) is 5.93. The van der Waals surface area contributed by atoms with E-state index in [2.05, 4.69) is 5.32 Å². The van der Waals surface area contributed by atoms with Gasteiger partial charge in [-0.25, -0.2) is 0 Å². The van der Waals surface area contributed by atoms with Crippen molar-refractivity contribution >= 4 is 11.6 Å². The van der Waals surface area contributed by atoms with E-state index in [4.69, 9.17) is 18.9 Å². The molecule has 7 nitrogen and oxygen atoms in total. The third-order valence-electron chi connectivity index (χ3n) is 5.11. The van der Waals surface area contributed by atoms with E-state index in [9.17, 15) is 4.79 Å². The molecule has 1 saturated heterocycles. The molecule has 154 valence electrons. The molecule has 0 radical (unpaired) electrons. The van der Waals surface area contributed by atoms with Crippen LogP contribution < -0.4 is 24.3 Å². The number of methoxy groups -OCH3 is 1. The SMILES string of the molecule is COc1ccccc1OCC(=O)N1CCC[C@@H](Nc2ccc3c(c2)OCCO3)C1. The van der Waals surface area contributed by atoms with Crippen molar-refractivity contribution in [2.24, 2.45) is 0 Å². The fraction of sp³-hybridized carbons (Fsp3) is 0.409. The van der Waals surface area contributed by atoms with Gasteiger partial charge in [0.05, 0.1) is 7.11 Å². The number of carbonyl (C=O) groups excluding carboxylic acids is 1. The average molecular weight is 398 g/mol. The number of benzene rings is 2. The maximum Gasteiger partial charge on any atom is 0.260 e. The van der Waals surface area contributed by atoms with Crippen LogP contribution in [-0.2, 0) is 4.79 Å². The molecule has 7 heteroatoms. The number of likely N-dealkylation sites (tertiary alicyclic amines) is 1. The Morgan fingerprint density at radius 3 is 2.76 bits per heavy atom. The first-order valence-corrected chi connectivity index (χ1v) is 9.93. The van der Waals surface area contributed by atoms with Gasteiger partial charge in [-0.3, -0.25) is 4.79 Å². The lowest BCUT2D eigenvalue weighted by Gasteiger charge is -2.34. The predicted octanol–water partition coefficient (Wildman–Crippen LogP) is 2.95. The third kappa shape index (κ3) is 4.67. The molecule has 2 aliphatic rings. The van der Waals surface area contributed by atoms with Crippen LogP contribution in [0.3, 0.4) is 0 Å². The molecule has 2 heterocycles. The summed E-state index contributed by atoms with van der Waals surface area (Å²) in [5.74, 6) is 2.71. The summed E-state index contributed by atoms with van der Waals surface area (Å²) in [5, 5.41) is 3.52. The van der Waals surface area contributed by atoms with Gasteiger partial charge in [0.1, 0.15) is 13.2 Å². The fourth-order valence-electron chi connectivity index (χ4n) is 3.66. The van der Waals surface area contributed by atoms with Crippen molar-refractivity contribution in [3.8, 4) is 23.0 Å². The molecule has 1 amide bonds. The third-order valence-corrected chi connectivity index (χ3v) is 5.11. The zero-order valence-electron chi connectivity index (χ0n) is 16.6. The second-order valence-electron chi connectivity index (χ2n) is 7.12.